The molecule has 1 amide bonds. The molecule has 0 bridgehead atoms. The number of halogens is 2. The molecule has 0 radical (unpaired) electrons. The predicted octanol–water partition coefficient (Wildman–Crippen LogP) is 3.44. The van der Waals surface area contributed by atoms with Gasteiger partial charge in [0.2, 0.25) is 5.91 Å². The normalized spacial score (nSPS) is 10.9. The van der Waals surface area contributed by atoms with Crippen LogP contribution in [0.1, 0.15) is 10.4 Å². The lowest BCUT2D eigenvalue weighted by Crippen LogP contribution is -2.35. The Balaban J connectivity index is 1.67. The Kier molecular flexibility index (Phi) is 6.54. The van der Waals surface area contributed by atoms with Crippen LogP contribution in [0.2, 0.25) is 0 Å². The molecule has 1 aromatic heterocycles. The zero-order valence-electron chi connectivity index (χ0n) is 12.3. The van der Waals surface area contributed by atoms with Crippen molar-refractivity contribution in [1.82, 2.24) is 10.2 Å². The van der Waals surface area contributed by atoms with Crippen LogP contribution in [-0.4, -0.2) is 30.9 Å². The Labute approximate surface area is 142 Å². The molecule has 1 N–H and O–H groups in total. The number of amides is 1. The molecule has 1 heterocycles. The van der Waals surface area contributed by atoms with Crippen molar-refractivity contribution in [2.75, 3.05) is 20.1 Å². The van der Waals surface area contributed by atoms with E-state index in [1.165, 1.54) is 17.0 Å². The quantitative estimate of drug-likeness (QED) is 0.792. The van der Waals surface area contributed by atoms with Crippen LogP contribution >= 0.6 is 27.3 Å². The Morgan fingerprint density at radius 3 is 2.64 bits per heavy atom. The Hall–Kier alpha value is -1.24. The molecule has 0 aliphatic carbocycles. The maximum Gasteiger partial charge on any atom is 0.234 e. The summed E-state index contributed by atoms with van der Waals surface area (Å²) in [5.41, 5.74) is 1.01. The van der Waals surface area contributed by atoms with Crippen molar-refractivity contribution in [1.29, 1.82) is 0 Å². The van der Waals surface area contributed by atoms with Crippen LogP contribution in [0.15, 0.2) is 40.2 Å². The van der Waals surface area contributed by atoms with E-state index in [-0.39, 0.29) is 11.7 Å². The zero-order valence-corrected chi connectivity index (χ0v) is 14.7. The first-order valence-electron chi connectivity index (χ1n) is 6.97. The second-order valence-electron chi connectivity index (χ2n) is 5.10. The molecule has 0 aliphatic rings. The molecule has 0 fully saturated rings. The van der Waals surface area contributed by atoms with Gasteiger partial charge in [0.25, 0.3) is 0 Å². The van der Waals surface area contributed by atoms with Gasteiger partial charge in [0, 0.05) is 18.0 Å². The van der Waals surface area contributed by atoms with Gasteiger partial charge >= 0.3 is 0 Å². The van der Waals surface area contributed by atoms with Crippen molar-refractivity contribution in [2.45, 2.75) is 13.0 Å². The number of rotatable bonds is 7. The third-order valence-corrected chi connectivity index (χ3v) is 4.73. The zero-order chi connectivity index (χ0) is 15.9. The second kappa shape index (κ2) is 8.41. The minimum atomic E-state index is -0.241. The van der Waals surface area contributed by atoms with Gasteiger partial charge in [0.1, 0.15) is 5.82 Å². The van der Waals surface area contributed by atoms with Gasteiger partial charge in [-0.1, -0.05) is 12.1 Å². The van der Waals surface area contributed by atoms with E-state index in [9.17, 15) is 9.18 Å². The molecule has 2 aromatic rings. The maximum absolute atomic E-state index is 12.8. The van der Waals surface area contributed by atoms with Gasteiger partial charge in [-0.05, 0) is 59.2 Å². The van der Waals surface area contributed by atoms with E-state index in [1.807, 2.05) is 18.0 Å². The van der Waals surface area contributed by atoms with Crippen molar-refractivity contribution < 1.29 is 9.18 Å². The van der Waals surface area contributed by atoms with Crippen LogP contribution in [0.4, 0.5) is 4.39 Å². The number of likely N-dealkylation sites (N-methyl/N-ethyl adjacent to an activating group) is 1. The van der Waals surface area contributed by atoms with Crippen LogP contribution in [0, 0.1) is 5.82 Å². The van der Waals surface area contributed by atoms with Crippen molar-refractivity contribution in [2.24, 2.45) is 0 Å². The molecular weight excluding hydrogens is 367 g/mol. The average molecular weight is 385 g/mol. The van der Waals surface area contributed by atoms with Crippen LogP contribution in [0.25, 0.3) is 0 Å². The third kappa shape index (κ3) is 5.87. The SMILES string of the molecule is CN(CC(=O)NCCc1ccc(F)cc1)Cc1ccc(Br)s1. The van der Waals surface area contributed by atoms with Gasteiger partial charge in [-0.2, -0.15) is 0 Å². The summed E-state index contributed by atoms with van der Waals surface area (Å²) >= 11 is 5.10. The van der Waals surface area contributed by atoms with E-state index in [1.54, 1.807) is 23.5 Å². The highest BCUT2D eigenvalue weighted by atomic mass is 79.9. The highest BCUT2D eigenvalue weighted by molar-refractivity contribution is 9.11. The third-order valence-electron chi connectivity index (χ3n) is 3.12. The average Bonchev–Trinajstić information content (AvgIpc) is 2.86. The minimum absolute atomic E-state index is 0.000216. The summed E-state index contributed by atoms with van der Waals surface area (Å²) in [7, 11) is 1.92. The van der Waals surface area contributed by atoms with Gasteiger partial charge < -0.3 is 5.32 Å². The van der Waals surface area contributed by atoms with E-state index >= 15 is 0 Å². The standard InChI is InChI=1S/C16H18BrFN2OS/c1-20(10-14-6-7-15(17)22-14)11-16(21)19-9-8-12-2-4-13(18)5-3-12/h2-7H,8-11H2,1H3,(H,19,21). The molecule has 1 aromatic carbocycles. The number of carbonyl (C=O) groups excluding carboxylic acids is 1. The van der Waals surface area contributed by atoms with E-state index in [2.05, 4.69) is 27.3 Å². The molecule has 0 atom stereocenters. The molecular formula is C16H18BrFN2OS. The Morgan fingerprint density at radius 1 is 1.27 bits per heavy atom. The number of benzene rings is 1. The smallest absolute Gasteiger partial charge is 0.234 e. The summed E-state index contributed by atoms with van der Waals surface area (Å²) in [6.07, 6.45) is 0.702. The molecule has 0 saturated carbocycles. The van der Waals surface area contributed by atoms with Crippen molar-refractivity contribution in [3.8, 4) is 0 Å². The summed E-state index contributed by atoms with van der Waals surface area (Å²) in [6.45, 7) is 1.67. The highest BCUT2D eigenvalue weighted by Crippen LogP contribution is 2.22. The number of carbonyl (C=O) groups is 1. The molecule has 3 nitrogen and oxygen atoms in total. The van der Waals surface area contributed by atoms with Gasteiger partial charge in [-0.15, -0.1) is 11.3 Å². The maximum atomic E-state index is 12.8. The Bertz CT molecular complexity index is 615. The van der Waals surface area contributed by atoms with E-state index in [0.29, 0.717) is 19.5 Å². The van der Waals surface area contributed by atoms with Crippen LogP contribution in [-0.2, 0) is 17.8 Å². The first kappa shape index (κ1) is 17.1. The molecule has 0 unspecified atom stereocenters. The lowest BCUT2D eigenvalue weighted by molar-refractivity contribution is -0.122. The molecule has 0 aliphatic heterocycles. The first-order chi connectivity index (χ1) is 10.5. The second-order valence-corrected chi connectivity index (χ2v) is 7.65. The fraction of sp³-hybridized carbons (Fsp3) is 0.312. The number of thiophene rings is 1. The minimum Gasteiger partial charge on any atom is -0.355 e. The fourth-order valence-electron chi connectivity index (χ4n) is 2.06. The monoisotopic (exact) mass is 384 g/mol. The molecule has 0 spiro atoms. The van der Waals surface area contributed by atoms with Gasteiger partial charge in [-0.3, -0.25) is 9.69 Å². The summed E-state index contributed by atoms with van der Waals surface area (Å²) < 4.78 is 13.9. The number of nitrogens with one attached hydrogen (secondary N) is 1. The van der Waals surface area contributed by atoms with Crippen LogP contribution < -0.4 is 5.32 Å². The first-order valence-corrected chi connectivity index (χ1v) is 8.58. The molecule has 22 heavy (non-hydrogen) atoms. The van der Waals surface area contributed by atoms with Gasteiger partial charge in [0.05, 0.1) is 10.3 Å². The van der Waals surface area contributed by atoms with E-state index in [4.69, 9.17) is 0 Å². The lowest BCUT2D eigenvalue weighted by atomic mass is 10.1. The van der Waals surface area contributed by atoms with Gasteiger partial charge in [0.15, 0.2) is 0 Å². The van der Waals surface area contributed by atoms with Crippen molar-refractivity contribution >= 4 is 33.2 Å². The summed E-state index contributed by atoms with van der Waals surface area (Å²) in [5, 5.41) is 2.89. The molecule has 2 rings (SSSR count). The Morgan fingerprint density at radius 2 is 2.00 bits per heavy atom. The van der Waals surface area contributed by atoms with Crippen molar-refractivity contribution in [3.05, 3.63) is 56.4 Å². The highest BCUT2D eigenvalue weighted by Gasteiger charge is 2.08. The van der Waals surface area contributed by atoms with Crippen LogP contribution in [0.5, 0.6) is 0 Å². The number of hydrogen-bond donors (Lipinski definition) is 1. The number of nitrogens with zero attached hydrogens (tertiary/aromatic N) is 1. The fourth-order valence-corrected chi connectivity index (χ4v) is 3.62. The molecule has 6 heteroatoms. The van der Waals surface area contributed by atoms with Crippen LogP contribution in [0.3, 0.4) is 0 Å². The van der Waals surface area contributed by atoms with E-state index in [0.717, 1.165) is 15.9 Å². The molecule has 118 valence electrons. The number of hydrogen-bond acceptors (Lipinski definition) is 3. The molecule has 0 saturated heterocycles. The predicted molar refractivity (Wildman–Crippen MR) is 91.5 cm³/mol. The topological polar surface area (TPSA) is 32.3 Å². The summed E-state index contributed by atoms with van der Waals surface area (Å²) in [5.74, 6) is -0.241. The largest absolute Gasteiger partial charge is 0.355 e. The summed E-state index contributed by atoms with van der Waals surface area (Å²) in [6, 6.07) is 10.4. The lowest BCUT2D eigenvalue weighted by Gasteiger charge is -2.15. The van der Waals surface area contributed by atoms with E-state index < -0.39 is 0 Å². The summed E-state index contributed by atoms with van der Waals surface area (Å²) in [4.78, 5) is 15.1. The van der Waals surface area contributed by atoms with Gasteiger partial charge in [-0.25, -0.2) is 4.39 Å². The van der Waals surface area contributed by atoms with Crippen molar-refractivity contribution in [3.63, 3.8) is 0 Å².